The highest BCUT2D eigenvalue weighted by molar-refractivity contribution is 7.16. The molecule has 1 aliphatic carbocycles. The van der Waals surface area contributed by atoms with Gasteiger partial charge in [0.2, 0.25) is 0 Å². The molecule has 2 aromatic heterocycles. The van der Waals surface area contributed by atoms with Gasteiger partial charge in [0.25, 0.3) is 0 Å². The first-order chi connectivity index (χ1) is 19.3. The van der Waals surface area contributed by atoms with E-state index in [0.29, 0.717) is 18.6 Å². The number of aryl methyl sites for hydroxylation is 2. The number of carbonyl (C=O) groups is 2. The Morgan fingerprint density at radius 1 is 0.750 bits per heavy atom. The highest BCUT2D eigenvalue weighted by Crippen LogP contribution is 2.47. The molecule has 0 aliphatic heterocycles. The van der Waals surface area contributed by atoms with Crippen molar-refractivity contribution in [3.05, 3.63) is 81.5 Å². The van der Waals surface area contributed by atoms with E-state index in [0.717, 1.165) is 24.2 Å². The van der Waals surface area contributed by atoms with Crippen LogP contribution in [-0.4, -0.2) is 18.9 Å². The standard InChI is InChI=1S/C34H34O4S2/c1-21(35)7-5-10-34(36)38-27-17-13-25(14-18-27)33-20-31(23(3)40-33)29-9-6-8-28(29)30-19-32(39-22(30)2)24-11-15-26(37-4)16-12-24/h11-20H,5-10H2,1-4H3. The second kappa shape index (κ2) is 12.4. The Balaban J connectivity index is 1.35. The van der Waals surface area contributed by atoms with Crippen LogP contribution in [0.15, 0.2) is 60.7 Å². The van der Waals surface area contributed by atoms with Crippen LogP contribution in [0, 0.1) is 13.8 Å². The van der Waals surface area contributed by atoms with Gasteiger partial charge < -0.3 is 14.3 Å². The average molecular weight is 571 g/mol. The van der Waals surface area contributed by atoms with E-state index in [1.807, 2.05) is 59.1 Å². The lowest BCUT2D eigenvalue weighted by Gasteiger charge is -2.07. The Hall–Kier alpha value is -3.48. The second-order valence-electron chi connectivity index (χ2n) is 10.3. The van der Waals surface area contributed by atoms with Gasteiger partial charge in [-0.05, 0) is 141 Å². The quantitative estimate of drug-likeness (QED) is 0.141. The normalized spacial score (nSPS) is 13.1. The first-order valence-corrected chi connectivity index (χ1v) is 15.3. The van der Waals surface area contributed by atoms with Gasteiger partial charge in [-0.25, -0.2) is 0 Å². The summed E-state index contributed by atoms with van der Waals surface area (Å²) in [6.45, 7) is 5.99. The van der Waals surface area contributed by atoms with E-state index in [2.05, 4.69) is 38.1 Å². The van der Waals surface area contributed by atoms with Crippen molar-refractivity contribution < 1.29 is 19.1 Å². The molecule has 0 saturated carbocycles. The fourth-order valence-electron chi connectivity index (χ4n) is 5.29. The third-order valence-electron chi connectivity index (χ3n) is 7.36. The zero-order valence-corrected chi connectivity index (χ0v) is 25.1. The molecule has 0 bridgehead atoms. The van der Waals surface area contributed by atoms with E-state index < -0.39 is 0 Å². The maximum absolute atomic E-state index is 12.1. The van der Waals surface area contributed by atoms with Crippen molar-refractivity contribution in [3.63, 3.8) is 0 Å². The lowest BCUT2D eigenvalue weighted by atomic mass is 9.96. The molecule has 4 aromatic rings. The molecule has 2 aromatic carbocycles. The Bertz CT molecular complexity index is 1550. The van der Waals surface area contributed by atoms with Gasteiger partial charge in [-0.1, -0.05) is 0 Å². The lowest BCUT2D eigenvalue weighted by molar-refractivity contribution is -0.134. The maximum Gasteiger partial charge on any atom is 0.311 e. The van der Waals surface area contributed by atoms with Crippen molar-refractivity contribution in [1.29, 1.82) is 0 Å². The average Bonchev–Trinajstić information content (AvgIpc) is 3.67. The molecule has 0 saturated heterocycles. The predicted molar refractivity (Wildman–Crippen MR) is 166 cm³/mol. The Morgan fingerprint density at radius 3 is 1.73 bits per heavy atom. The molecule has 2 heterocycles. The van der Waals surface area contributed by atoms with Crippen LogP contribution in [0.3, 0.4) is 0 Å². The van der Waals surface area contributed by atoms with Gasteiger partial charge in [-0.3, -0.25) is 4.79 Å². The summed E-state index contributed by atoms with van der Waals surface area (Å²) < 4.78 is 10.8. The van der Waals surface area contributed by atoms with Gasteiger partial charge in [0.05, 0.1) is 7.11 Å². The number of hydrogen-bond acceptors (Lipinski definition) is 6. The molecular formula is C34H34O4S2. The van der Waals surface area contributed by atoms with Crippen LogP contribution in [-0.2, 0) is 9.59 Å². The van der Waals surface area contributed by atoms with E-state index in [4.69, 9.17) is 9.47 Å². The lowest BCUT2D eigenvalue weighted by Crippen LogP contribution is -2.08. The summed E-state index contributed by atoms with van der Waals surface area (Å²) in [5, 5.41) is 0. The number of hydrogen-bond donors (Lipinski definition) is 0. The number of Topliss-reactive ketones (excluding diaryl/α,β-unsaturated/α-hetero) is 1. The highest BCUT2D eigenvalue weighted by Gasteiger charge is 2.23. The second-order valence-corrected chi connectivity index (χ2v) is 12.8. The first-order valence-electron chi connectivity index (χ1n) is 13.7. The summed E-state index contributed by atoms with van der Waals surface area (Å²) in [4.78, 5) is 28.4. The van der Waals surface area contributed by atoms with Crippen LogP contribution >= 0.6 is 22.7 Å². The molecule has 0 atom stereocenters. The smallest absolute Gasteiger partial charge is 0.311 e. The zero-order chi connectivity index (χ0) is 28.2. The number of allylic oxidation sites excluding steroid dienone is 2. The minimum Gasteiger partial charge on any atom is -0.497 e. The van der Waals surface area contributed by atoms with Crippen LogP contribution in [0.25, 0.3) is 32.0 Å². The fraction of sp³-hybridized carbons (Fsp3) is 0.294. The van der Waals surface area contributed by atoms with Gasteiger partial charge in [0.1, 0.15) is 17.3 Å². The molecule has 5 rings (SSSR count). The number of rotatable bonds is 10. The molecule has 40 heavy (non-hydrogen) atoms. The van der Waals surface area contributed by atoms with Crippen molar-refractivity contribution in [3.8, 4) is 32.4 Å². The third-order valence-corrected chi connectivity index (χ3v) is 9.56. The molecule has 6 heteroatoms. The number of benzene rings is 2. The van der Waals surface area contributed by atoms with Crippen molar-refractivity contribution in [2.45, 2.75) is 59.3 Å². The number of ether oxygens (including phenoxy) is 2. The third kappa shape index (κ3) is 6.29. The van der Waals surface area contributed by atoms with E-state index in [1.54, 1.807) is 7.11 Å². The van der Waals surface area contributed by atoms with Crippen LogP contribution in [0.5, 0.6) is 11.5 Å². The van der Waals surface area contributed by atoms with Gasteiger partial charge in [0, 0.05) is 32.4 Å². The van der Waals surface area contributed by atoms with Gasteiger partial charge in [-0.15, -0.1) is 22.7 Å². The molecule has 0 N–H and O–H groups in total. The fourth-order valence-corrected chi connectivity index (χ4v) is 7.40. The summed E-state index contributed by atoms with van der Waals surface area (Å²) in [5.74, 6) is 1.19. The zero-order valence-electron chi connectivity index (χ0n) is 23.5. The van der Waals surface area contributed by atoms with Crippen LogP contribution in [0.4, 0.5) is 0 Å². The van der Waals surface area contributed by atoms with E-state index in [1.165, 1.54) is 60.7 Å². The predicted octanol–water partition coefficient (Wildman–Crippen LogP) is 9.53. The summed E-state index contributed by atoms with van der Waals surface area (Å²) in [5.41, 5.74) is 8.02. The van der Waals surface area contributed by atoms with Crippen molar-refractivity contribution in [2.75, 3.05) is 7.11 Å². The van der Waals surface area contributed by atoms with Crippen molar-refractivity contribution in [2.24, 2.45) is 0 Å². The van der Waals surface area contributed by atoms with Crippen LogP contribution < -0.4 is 9.47 Å². The van der Waals surface area contributed by atoms with E-state index >= 15 is 0 Å². The molecule has 0 fully saturated rings. The number of esters is 1. The summed E-state index contributed by atoms with van der Waals surface area (Å²) >= 11 is 3.67. The Labute approximate surface area is 244 Å². The Morgan fingerprint density at radius 2 is 1.25 bits per heavy atom. The topological polar surface area (TPSA) is 52.6 Å². The van der Waals surface area contributed by atoms with Gasteiger partial charge in [0.15, 0.2) is 0 Å². The molecule has 0 unspecified atom stereocenters. The number of carbonyl (C=O) groups excluding carboxylic acids is 2. The molecule has 206 valence electrons. The minimum atomic E-state index is -0.303. The molecule has 1 aliphatic rings. The van der Waals surface area contributed by atoms with E-state index in [-0.39, 0.29) is 18.2 Å². The monoisotopic (exact) mass is 570 g/mol. The Kier molecular flexibility index (Phi) is 8.67. The molecule has 0 spiro atoms. The highest BCUT2D eigenvalue weighted by atomic mass is 32.1. The van der Waals surface area contributed by atoms with Crippen molar-refractivity contribution in [1.82, 2.24) is 0 Å². The SMILES string of the molecule is COc1ccc(-c2cc(C3=C(c4cc(-c5ccc(OC(=O)CCCC(C)=O)cc5)sc4C)CCC3)c(C)s2)cc1. The summed E-state index contributed by atoms with van der Waals surface area (Å²) in [7, 11) is 1.70. The largest absolute Gasteiger partial charge is 0.497 e. The summed E-state index contributed by atoms with van der Waals surface area (Å²) in [6, 6.07) is 20.7. The van der Waals surface area contributed by atoms with Crippen LogP contribution in [0.2, 0.25) is 0 Å². The number of ketones is 1. The molecule has 0 amide bonds. The van der Waals surface area contributed by atoms with Crippen LogP contribution in [0.1, 0.15) is 66.3 Å². The maximum atomic E-state index is 12.1. The van der Waals surface area contributed by atoms with Crippen molar-refractivity contribution >= 4 is 45.6 Å². The number of thiophene rings is 2. The van der Waals surface area contributed by atoms with Gasteiger partial charge >= 0.3 is 5.97 Å². The van der Waals surface area contributed by atoms with E-state index in [9.17, 15) is 9.59 Å². The summed E-state index contributed by atoms with van der Waals surface area (Å²) in [6.07, 6.45) is 4.55. The molecular weight excluding hydrogens is 537 g/mol. The molecule has 0 radical (unpaired) electrons. The van der Waals surface area contributed by atoms with Gasteiger partial charge in [-0.2, -0.15) is 0 Å². The number of methoxy groups -OCH3 is 1. The first kappa shape index (κ1) is 28.1. The minimum absolute atomic E-state index is 0.0898. The molecule has 4 nitrogen and oxygen atoms in total.